The summed E-state index contributed by atoms with van der Waals surface area (Å²) in [5.41, 5.74) is 3.60. The van der Waals surface area contributed by atoms with E-state index in [1.165, 1.54) is 0 Å². The highest BCUT2D eigenvalue weighted by Crippen LogP contribution is 2.26. The van der Waals surface area contributed by atoms with Crippen molar-refractivity contribution >= 4 is 23.0 Å². The number of hydrogen-bond acceptors (Lipinski definition) is 5. The lowest BCUT2D eigenvalue weighted by molar-refractivity contribution is 0.0993. The number of amides is 1. The second-order valence-electron chi connectivity index (χ2n) is 8.81. The number of anilines is 3. The summed E-state index contributed by atoms with van der Waals surface area (Å²) in [6, 6.07) is 15.1. The number of nitrogens with one attached hydrogen (secondary N) is 1. The summed E-state index contributed by atoms with van der Waals surface area (Å²) < 4.78 is 0. The van der Waals surface area contributed by atoms with Gasteiger partial charge in [0.25, 0.3) is 16.8 Å². The Morgan fingerprint density at radius 3 is 2.41 bits per heavy atom. The summed E-state index contributed by atoms with van der Waals surface area (Å²) >= 11 is 0. The van der Waals surface area contributed by atoms with Gasteiger partial charge in [0.15, 0.2) is 0 Å². The van der Waals surface area contributed by atoms with Crippen molar-refractivity contribution in [2.45, 2.75) is 33.2 Å². The molecule has 3 aromatic carbocycles. The molecule has 6 heteroatoms. The molecule has 1 heterocycles. The molecule has 1 N–H and O–H groups in total. The van der Waals surface area contributed by atoms with E-state index in [0.29, 0.717) is 29.4 Å². The lowest BCUT2D eigenvalue weighted by Gasteiger charge is -2.33. The molecule has 0 bridgehead atoms. The Bertz CT molecular complexity index is 1180. The molecule has 0 unspecified atom stereocenters. The topological polar surface area (TPSA) is 69.7 Å². The molecule has 6 nitrogen and oxygen atoms in total. The standard InChI is InChI=1S/C26H29N3O3/c1-17-11-13-29(14-12-17)23-22(24(30)25(23)31)27-16-19-7-9-20(10-8-19)26(32)28(3)21-6-4-5-18(2)15-21/h4-10,15,17,27H,11-14,16H2,1-3H3. The molecule has 1 fully saturated rings. The quantitative estimate of drug-likeness (QED) is 0.603. The number of piperidine rings is 1. The predicted molar refractivity (Wildman–Crippen MR) is 130 cm³/mol. The first-order valence-corrected chi connectivity index (χ1v) is 11.1. The third kappa shape index (κ3) is 4.31. The smallest absolute Gasteiger partial charge is 0.258 e. The molecule has 0 aromatic heterocycles. The number of benzene rings is 2. The van der Waals surface area contributed by atoms with E-state index in [9.17, 15) is 14.4 Å². The van der Waals surface area contributed by atoms with E-state index in [4.69, 9.17) is 0 Å². The van der Waals surface area contributed by atoms with Crippen LogP contribution in [0.5, 0.6) is 0 Å². The van der Waals surface area contributed by atoms with Crippen molar-refractivity contribution in [1.29, 1.82) is 0 Å². The van der Waals surface area contributed by atoms with Gasteiger partial charge in [-0.05, 0) is 61.1 Å². The zero-order valence-corrected chi connectivity index (χ0v) is 18.9. The Morgan fingerprint density at radius 1 is 1.06 bits per heavy atom. The molecule has 0 aliphatic carbocycles. The van der Waals surface area contributed by atoms with Crippen LogP contribution < -0.4 is 26.0 Å². The third-order valence-electron chi connectivity index (χ3n) is 6.35. The molecule has 1 saturated heterocycles. The highest BCUT2D eigenvalue weighted by Gasteiger charge is 2.28. The van der Waals surface area contributed by atoms with Gasteiger partial charge in [-0.2, -0.15) is 0 Å². The summed E-state index contributed by atoms with van der Waals surface area (Å²) in [5.74, 6) is 0.569. The Kier molecular flexibility index (Phi) is 6.12. The van der Waals surface area contributed by atoms with Gasteiger partial charge >= 0.3 is 0 Å². The fourth-order valence-electron chi connectivity index (χ4n) is 4.18. The van der Waals surface area contributed by atoms with Crippen molar-refractivity contribution in [3.05, 3.63) is 85.7 Å². The van der Waals surface area contributed by atoms with Gasteiger partial charge in [-0.1, -0.05) is 31.2 Å². The minimum atomic E-state index is -0.440. The minimum absolute atomic E-state index is 0.0841. The van der Waals surface area contributed by atoms with E-state index in [2.05, 4.69) is 12.2 Å². The van der Waals surface area contributed by atoms with Crippen LogP contribution in [0.15, 0.2) is 58.1 Å². The minimum Gasteiger partial charge on any atom is -0.376 e. The SMILES string of the molecule is Cc1cccc(N(C)C(=O)c2ccc(CNc3c(N4CCC(C)CC4)c(=O)c3=O)cc2)c1. The number of carbonyl (C=O) groups is 1. The van der Waals surface area contributed by atoms with Crippen LogP contribution >= 0.6 is 0 Å². The van der Waals surface area contributed by atoms with Gasteiger partial charge in [0.1, 0.15) is 11.4 Å². The van der Waals surface area contributed by atoms with E-state index < -0.39 is 5.43 Å². The first kappa shape index (κ1) is 21.8. The predicted octanol–water partition coefficient (Wildman–Crippen LogP) is 3.72. The summed E-state index contributed by atoms with van der Waals surface area (Å²) in [6.45, 7) is 6.25. The molecule has 0 spiro atoms. The molecule has 0 saturated carbocycles. The molecule has 0 radical (unpaired) electrons. The van der Waals surface area contributed by atoms with E-state index in [0.717, 1.165) is 42.7 Å². The van der Waals surface area contributed by atoms with Crippen molar-refractivity contribution in [2.75, 3.05) is 35.3 Å². The zero-order chi connectivity index (χ0) is 22.8. The molecule has 32 heavy (non-hydrogen) atoms. The van der Waals surface area contributed by atoms with Crippen LogP contribution in [0, 0.1) is 12.8 Å². The van der Waals surface area contributed by atoms with Gasteiger partial charge in [-0.3, -0.25) is 14.4 Å². The monoisotopic (exact) mass is 431 g/mol. The van der Waals surface area contributed by atoms with Crippen LogP contribution in [-0.2, 0) is 6.54 Å². The average molecular weight is 432 g/mol. The van der Waals surface area contributed by atoms with Crippen LogP contribution in [0.25, 0.3) is 0 Å². The summed E-state index contributed by atoms with van der Waals surface area (Å²) in [7, 11) is 1.77. The number of aryl methyl sites for hydroxylation is 1. The highest BCUT2D eigenvalue weighted by molar-refractivity contribution is 6.05. The van der Waals surface area contributed by atoms with Gasteiger partial charge in [-0.15, -0.1) is 0 Å². The molecular formula is C26H29N3O3. The van der Waals surface area contributed by atoms with Crippen LogP contribution in [0.4, 0.5) is 17.1 Å². The van der Waals surface area contributed by atoms with Gasteiger partial charge in [0, 0.05) is 37.9 Å². The van der Waals surface area contributed by atoms with E-state index in [1.807, 2.05) is 48.2 Å². The Labute approximate surface area is 188 Å². The van der Waals surface area contributed by atoms with E-state index in [1.54, 1.807) is 24.1 Å². The largest absolute Gasteiger partial charge is 0.376 e. The normalized spacial score (nSPS) is 14.5. The first-order chi connectivity index (χ1) is 15.3. The lowest BCUT2D eigenvalue weighted by Crippen LogP contribution is -2.45. The van der Waals surface area contributed by atoms with Gasteiger partial charge in [0.05, 0.1) is 0 Å². The molecule has 1 amide bonds. The highest BCUT2D eigenvalue weighted by atomic mass is 16.2. The van der Waals surface area contributed by atoms with Crippen LogP contribution in [0.3, 0.4) is 0 Å². The maximum absolute atomic E-state index is 12.8. The van der Waals surface area contributed by atoms with E-state index >= 15 is 0 Å². The van der Waals surface area contributed by atoms with Crippen molar-refractivity contribution in [3.63, 3.8) is 0 Å². The summed E-state index contributed by atoms with van der Waals surface area (Å²) in [6.07, 6.45) is 2.06. The third-order valence-corrected chi connectivity index (χ3v) is 6.35. The van der Waals surface area contributed by atoms with Gasteiger partial charge in [0.2, 0.25) is 0 Å². The average Bonchev–Trinajstić information content (AvgIpc) is 2.81. The number of hydrogen-bond donors (Lipinski definition) is 1. The van der Waals surface area contributed by atoms with E-state index in [-0.39, 0.29) is 11.3 Å². The maximum atomic E-state index is 12.8. The molecule has 166 valence electrons. The van der Waals surface area contributed by atoms with Crippen molar-refractivity contribution < 1.29 is 4.79 Å². The Balaban J connectivity index is 1.41. The fraction of sp³-hybridized carbons (Fsp3) is 0.346. The van der Waals surface area contributed by atoms with Crippen LogP contribution in [0.2, 0.25) is 0 Å². The summed E-state index contributed by atoms with van der Waals surface area (Å²) in [5, 5.41) is 3.15. The zero-order valence-electron chi connectivity index (χ0n) is 18.9. The van der Waals surface area contributed by atoms with Crippen molar-refractivity contribution in [1.82, 2.24) is 0 Å². The first-order valence-electron chi connectivity index (χ1n) is 11.1. The lowest BCUT2D eigenvalue weighted by atomic mass is 9.98. The number of rotatable bonds is 6. The molecule has 0 atom stereocenters. The number of nitrogens with zero attached hydrogens (tertiary/aromatic N) is 2. The Hall–Kier alpha value is -3.41. The van der Waals surface area contributed by atoms with Gasteiger partial charge in [-0.25, -0.2) is 0 Å². The van der Waals surface area contributed by atoms with Crippen molar-refractivity contribution in [2.24, 2.45) is 5.92 Å². The fourth-order valence-corrected chi connectivity index (χ4v) is 4.18. The molecular weight excluding hydrogens is 402 g/mol. The molecule has 1 aliphatic heterocycles. The van der Waals surface area contributed by atoms with Gasteiger partial charge < -0.3 is 15.1 Å². The Morgan fingerprint density at radius 2 is 1.75 bits per heavy atom. The van der Waals surface area contributed by atoms with Crippen molar-refractivity contribution in [3.8, 4) is 0 Å². The molecule has 1 aliphatic rings. The van der Waals surface area contributed by atoms with Crippen LogP contribution in [-0.4, -0.2) is 26.0 Å². The second-order valence-corrected chi connectivity index (χ2v) is 8.81. The number of carbonyl (C=O) groups excluding carboxylic acids is 1. The van der Waals surface area contributed by atoms with Crippen LogP contribution in [0.1, 0.15) is 41.3 Å². The molecule has 4 rings (SSSR count). The molecule has 3 aromatic rings. The summed E-state index contributed by atoms with van der Waals surface area (Å²) in [4.78, 5) is 40.8. The maximum Gasteiger partial charge on any atom is 0.258 e. The second kappa shape index (κ2) is 8.99.